The molecule has 0 saturated heterocycles. The minimum absolute atomic E-state index is 0.0304. The quantitative estimate of drug-likeness (QED) is 0.283. The van der Waals surface area contributed by atoms with Gasteiger partial charge in [-0.3, -0.25) is 0 Å². The fourth-order valence-corrected chi connectivity index (χ4v) is 0.762. The highest BCUT2D eigenvalue weighted by Gasteiger charge is 2.18. The van der Waals surface area contributed by atoms with Gasteiger partial charge >= 0.3 is 0 Å². The van der Waals surface area contributed by atoms with Crippen LogP contribution >= 0.6 is 0 Å². The van der Waals surface area contributed by atoms with Crippen LogP contribution in [0.15, 0.2) is 23.7 Å². The molecule has 0 aromatic rings. The lowest BCUT2D eigenvalue weighted by Gasteiger charge is -2.23. The predicted molar refractivity (Wildman–Crippen MR) is 36.0 cm³/mol. The standard InChI is InChI=1S/C5H9N3O3/c6-5-3(8(10)11)1-2-4(9)7-5/h1-2,5,7-10H,6H2/t5-/m0/s1. The van der Waals surface area contributed by atoms with Gasteiger partial charge in [0.25, 0.3) is 0 Å². The summed E-state index contributed by atoms with van der Waals surface area (Å²) in [6.07, 6.45) is 1.67. The first-order chi connectivity index (χ1) is 5.11. The number of aliphatic hydroxyl groups is 1. The number of nitrogens with two attached hydrogens (primary N) is 1. The lowest BCUT2D eigenvalue weighted by atomic mass is 10.2. The van der Waals surface area contributed by atoms with Gasteiger partial charge in [0.1, 0.15) is 0 Å². The molecule has 6 nitrogen and oxygen atoms in total. The summed E-state index contributed by atoms with van der Waals surface area (Å²) in [6.45, 7) is 0. The van der Waals surface area contributed by atoms with E-state index in [-0.39, 0.29) is 11.6 Å². The molecule has 0 aliphatic carbocycles. The first-order valence-electron chi connectivity index (χ1n) is 2.97. The van der Waals surface area contributed by atoms with E-state index in [1.807, 2.05) is 0 Å². The van der Waals surface area contributed by atoms with Crippen molar-refractivity contribution in [2.45, 2.75) is 6.17 Å². The van der Waals surface area contributed by atoms with Gasteiger partial charge in [-0.2, -0.15) is 5.23 Å². The summed E-state index contributed by atoms with van der Waals surface area (Å²) in [5.41, 5.74) is 5.34. The summed E-state index contributed by atoms with van der Waals surface area (Å²) < 4.78 is 0. The van der Waals surface area contributed by atoms with Gasteiger partial charge in [-0.1, -0.05) is 0 Å². The van der Waals surface area contributed by atoms with Crippen molar-refractivity contribution in [3.63, 3.8) is 0 Å². The largest absolute Gasteiger partial charge is 0.595 e. The van der Waals surface area contributed by atoms with E-state index >= 15 is 0 Å². The summed E-state index contributed by atoms with van der Waals surface area (Å²) in [7, 11) is 0. The first kappa shape index (κ1) is 8.02. The summed E-state index contributed by atoms with van der Waals surface area (Å²) in [4.78, 5) is 0. The van der Waals surface area contributed by atoms with E-state index in [1.54, 1.807) is 0 Å². The number of nitrogens with one attached hydrogen (secondary N) is 2. The van der Waals surface area contributed by atoms with Crippen molar-refractivity contribution in [3.8, 4) is 0 Å². The molecule has 62 valence electrons. The molecule has 0 spiro atoms. The van der Waals surface area contributed by atoms with E-state index in [4.69, 9.17) is 16.0 Å². The minimum atomic E-state index is -1.09. The summed E-state index contributed by atoms with van der Waals surface area (Å²) in [6, 6.07) is 0. The van der Waals surface area contributed by atoms with E-state index in [0.717, 1.165) is 0 Å². The number of allylic oxidation sites excluding steroid dienone is 2. The van der Waals surface area contributed by atoms with Gasteiger partial charge in [0.2, 0.25) is 0 Å². The molecule has 0 saturated carbocycles. The Hall–Kier alpha value is -1.08. The SMILES string of the molecule is N[C@H]1NC(O)=CC=C1[NH+]([O-])O. The fourth-order valence-electron chi connectivity index (χ4n) is 0.762. The van der Waals surface area contributed by atoms with Crippen LogP contribution in [0.1, 0.15) is 0 Å². The molecule has 1 rings (SSSR count). The molecule has 0 amide bonds. The highest BCUT2D eigenvalue weighted by atomic mass is 16.8. The van der Waals surface area contributed by atoms with Crippen LogP contribution in [0.5, 0.6) is 0 Å². The molecule has 0 bridgehead atoms. The normalized spacial score (nSPS) is 26.6. The molecule has 0 aromatic heterocycles. The third-order valence-corrected chi connectivity index (χ3v) is 1.31. The maximum absolute atomic E-state index is 10.4. The average Bonchev–Trinajstić information content (AvgIpc) is 1.85. The molecule has 0 fully saturated rings. The molecule has 1 unspecified atom stereocenters. The molecule has 6 N–H and O–H groups in total. The van der Waals surface area contributed by atoms with Crippen LogP contribution in [0, 0.1) is 5.21 Å². The second-order valence-electron chi connectivity index (χ2n) is 2.10. The van der Waals surface area contributed by atoms with Gasteiger partial charge in [-0.05, 0) is 0 Å². The lowest BCUT2D eigenvalue weighted by Crippen LogP contribution is -3.04. The number of dihydropyridines is 1. The maximum Gasteiger partial charge on any atom is 0.185 e. The Balaban J connectivity index is 2.78. The zero-order valence-electron chi connectivity index (χ0n) is 5.61. The highest BCUT2D eigenvalue weighted by Crippen LogP contribution is 1.98. The Labute approximate surface area is 62.8 Å². The topological polar surface area (TPSA) is 106 Å². The van der Waals surface area contributed by atoms with Crippen LogP contribution in [-0.4, -0.2) is 16.5 Å². The molecule has 1 aliphatic heterocycles. The van der Waals surface area contributed by atoms with E-state index in [1.165, 1.54) is 12.2 Å². The van der Waals surface area contributed by atoms with Crippen molar-refractivity contribution in [2.24, 2.45) is 5.73 Å². The Morgan fingerprint density at radius 1 is 1.64 bits per heavy atom. The van der Waals surface area contributed by atoms with Crippen molar-refractivity contribution in [3.05, 3.63) is 28.9 Å². The number of rotatable bonds is 1. The van der Waals surface area contributed by atoms with Gasteiger partial charge in [0, 0.05) is 12.2 Å². The molecular formula is C5H9N3O3. The van der Waals surface area contributed by atoms with Crippen LogP contribution in [0.25, 0.3) is 0 Å². The number of hydrogen-bond donors (Lipinski definition) is 5. The molecule has 0 aromatic carbocycles. The van der Waals surface area contributed by atoms with Crippen LogP contribution in [-0.2, 0) is 0 Å². The summed E-state index contributed by atoms with van der Waals surface area (Å²) in [5, 5.41) is 28.9. The summed E-state index contributed by atoms with van der Waals surface area (Å²) in [5.74, 6) is -0.123. The second kappa shape index (κ2) is 2.89. The van der Waals surface area contributed by atoms with Crippen molar-refractivity contribution >= 4 is 0 Å². The Kier molecular flexibility index (Phi) is 2.11. The zero-order chi connectivity index (χ0) is 8.43. The number of quaternary nitrogens is 1. The fraction of sp³-hybridized carbons (Fsp3) is 0.200. The van der Waals surface area contributed by atoms with Crippen LogP contribution in [0.4, 0.5) is 0 Å². The number of hydroxylamine groups is 2. The average molecular weight is 159 g/mol. The smallest absolute Gasteiger partial charge is 0.185 e. The first-order valence-corrected chi connectivity index (χ1v) is 2.97. The molecule has 1 heterocycles. The Morgan fingerprint density at radius 3 is 2.73 bits per heavy atom. The van der Waals surface area contributed by atoms with Crippen molar-refractivity contribution < 1.29 is 15.5 Å². The highest BCUT2D eigenvalue weighted by molar-refractivity contribution is 5.18. The van der Waals surface area contributed by atoms with E-state index in [9.17, 15) is 5.21 Å². The van der Waals surface area contributed by atoms with Gasteiger partial charge in [-0.25, -0.2) is 5.21 Å². The van der Waals surface area contributed by atoms with Gasteiger partial charge in [0.15, 0.2) is 17.7 Å². The molecular weight excluding hydrogens is 150 g/mol. The monoisotopic (exact) mass is 159 g/mol. The number of hydrogen-bond acceptors (Lipinski definition) is 5. The van der Waals surface area contributed by atoms with Crippen LogP contribution < -0.4 is 16.3 Å². The molecule has 2 atom stereocenters. The zero-order valence-corrected chi connectivity index (χ0v) is 5.61. The van der Waals surface area contributed by atoms with Crippen molar-refractivity contribution in [1.82, 2.24) is 5.32 Å². The second-order valence-corrected chi connectivity index (χ2v) is 2.10. The number of aliphatic hydroxyl groups excluding tert-OH is 1. The van der Waals surface area contributed by atoms with Crippen LogP contribution in [0.3, 0.4) is 0 Å². The third kappa shape index (κ3) is 1.69. The third-order valence-electron chi connectivity index (χ3n) is 1.31. The Morgan fingerprint density at radius 2 is 2.27 bits per heavy atom. The van der Waals surface area contributed by atoms with Gasteiger partial charge in [0.05, 0.1) is 0 Å². The lowest BCUT2D eigenvalue weighted by molar-refractivity contribution is -1.02. The van der Waals surface area contributed by atoms with Crippen molar-refractivity contribution in [1.29, 1.82) is 0 Å². The van der Waals surface area contributed by atoms with E-state index in [2.05, 4.69) is 5.32 Å². The van der Waals surface area contributed by atoms with Gasteiger partial charge in [-0.15, -0.1) is 0 Å². The van der Waals surface area contributed by atoms with Crippen LogP contribution in [0.2, 0.25) is 0 Å². The van der Waals surface area contributed by atoms with E-state index < -0.39 is 11.4 Å². The van der Waals surface area contributed by atoms with Crippen molar-refractivity contribution in [2.75, 3.05) is 0 Å². The van der Waals surface area contributed by atoms with E-state index in [0.29, 0.717) is 0 Å². The summed E-state index contributed by atoms with van der Waals surface area (Å²) >= 11 is 0. The minimum Gasteiger partial charge on any atom is -0.595 e. The molecule has 1 aliphatic rings. The molecule has 11 heavy (non-hydrogen) atoms. The maximum atomic E-state index is 10.4. The van der Waals surface area contributed by atoms with Gasteiger partial charge < -0.3 is 21.4 Å². The predicted octanol–water partition coefficient (Wildman–Crippen LogP) is -2.07. The molecule has 0 radical (unpaired) electrons. The molecule has 6 heteroatoms. The Bertz CT molecular complexity index is 211.